The summed E-state index contributed by atoms with van der Waals surface area (Å²) in [6.07, 6.45) is 0.124. The van der Waals surface area contributed by atoms with Crippen LogP contribution in [0.1, 0.15) is 24.3 Å². The number of benzene rings is 2. The highest BCUT2D eigenvalue weighted by molar-refractivity contribution is 6.08. The van der Waals surface area contributed by atoms with Crippen molar-refractivity contribution in [2.24, 2.45) is 0 Å². The molecule has 0 saturated carbocycles. The molecule has 1 aromatic heterocycles. The van der Waals surface area contributed by atoms with Crippen molar-refractivity contribution >= 4 is 28.9 Å². The summed E-state index contributed by atoms with van der Waals surface area (Å²) in [5.74, 6) is -2.87. The molecule has 1 saturated heterocycles. The summed E-state index contributed by atoms with van der Waals surface area (Å²) in [6.45, 7) is 3.41. The van der Waals surface area contributed by atoms with Gasteiger partial charge in [-0.3, -0.25) is 24.6 Å². The van der Waals surface area contributed by atoms with Gasteiger partial charge in [0.15, 0.2) is 11.6 Å². The number of aryl methyl sites for hydroxylation is 2. The van der Waals surface area contributed by atoms with Crippen molar-refractivity contribution < 1.29 is 27.8 Å². The minimum atomic E-state index is -1.16. The normalized spacial score (nSPS) is 15.7. The molecule has 1 aliphatic heterocycles. The molecule has 2 amide bonds. The number of carbonyl (C=O) groups is 2. The van der Waals surface area contributed by atoms with Crippen LogP contribution in [0.25, 0.3) is 11.1 Å². The van der Waals surface area contributed by atoms with Crippen molar-refractivity contribution in [3.05, 3.63) is 69.6 Å². The van der Waals surface area contributed by atoms with Gasteiger partial charge in [-0.1, -0.05) is 5.16 Å². The fourth-order valence-corrected chi connectivity index (χ4v) is 3.95. The second kappa shape index (κ2) is 8.41. The first kappa shape index (κ1) is 22.1. The number of anilines is 2. The first-order chi connectivity index (χ1) is 15.7. The number of carbonyl (C=O) groups excluding carboxylic acids is 2. The summed E-state index contributed by atoms with van der Waals surface area (Å²) in [5.41, 5.74) is 1.36. The Morgan fingerprint density at radius 3 is 2.61 bits per heavy atom. The van der Waals surface area contributed by atoms with E-state index in [4.69, 9.17) is 4.52 Å². The van der Waals surface area contributed by atoms with Crippen LogP contribution in [0.15, 0.2) is 40.9 Å². The van der Waals surface area contributed by atoms with Gasteiger partial charge in [-0.2, -0.15) is 0 Å². The number of halogens is 2. The number of hydrogen-bond acceptors (Lipinski definition) is 6. The van der Waals surface area contributed by atoms with Gasteiger partial charge >= 0.3 is 0 Å². The lowest BCUT2D eigenvalue weighted by molar-refractivity contribution is -0.383. The summed E-state index contributed by atoms with van der Waals surface area (Å²) in [5, 5.41) is 17.9. The summed E-state index contributed by atoms with van der Waals surface area (Å²) in [7, 11) is 0. The van der Waals surface area contributed by atoms with Gasteiger partial charge in [0.2, 0.25) is 11.8 Å². The molecular formula is C22H18F2N4O5. The van der Waals surface area contributed by atoms with Crippen LogP contribution in [-0.4, -0.2) is 27.9 Å². The average molecular weight is 456 g/mol. The topological polar surface area (TPSA) is 119 Å². The molecule has 0 unspecified atom stereocenters. The largest absolute Gasteiger partial charge is 0.361 e. The van der Waals surface area contributed by atoms with Crippen molar-refractivity contribution in [3.8, 4) is 11.1 Å². The number of nitrogens with zero attached hydrogens (tertiary/aromatic N) is 3. The molecule has 2 aromatic carbocycles. The van der Waals surface area contributed by atoms with Crippen LogP contribution in [0.3, 0.4) is 0 Å². The zero-order valence-electron chi connectivity index (χ0n) is 17.6. The monoisotopic (exact) mass is 456 g/mol. The van der Waals surface area contributed by atoms with E-state index in [1.165, 1.54) is 24.3 Å². The van der Waals surface area contributed by atoms with Crippen LogP contribution in [0.5, 0.6) is 0 Å². The fourth-order valence-electron chi connectivity index (χ4n) is 3.95. The van der Waals surface area contributed by atoms with E-state index in [9.17, 15) is 28.5 Å². The highest BCUT2D eigenvalue weighted by Gasteiger charge is 2.38. The van der Waals surface area contributed by atoms with E-state index in [-0.39, 0.29) is 29.9 Å². The predicted molar refractivity (Wildman–Crippen MR) is 114 cm³/mol. The molecule has 4 rings (SSSR count). The van der Waals surface area contributed by atoms with E-state index in [1.807, 2.05) is 0 Å². The molecule has 0 spiro atoms. The number of nitro groups is 1. The molecule has 33 heavy (non-hydrogen) atoms. The molecule has 0 bridgehead atoms. The summed E-state index contributed by atoms with van der Waals surface area (Å²) in [6, 6.07) is 6.05. The Kier molecular flexibility index (Phi) is 5.62. The Bertz CT molecular complexity index is 1270. The maximum absolute atomic E-state index is 13.7. The Morgan fingerprint density at radius 1 is 1.21 bits per heavy atom. The Labute approximate surface area is 186 Å². The van der Waals surface area contributed by atoms with Gasteiger partial charge in [-0.05, 0) is 50.1 Å². The van der Waals surface area contributed by atoms with Gasteiger partial charge in [-0.25, -0.2) is 8.78 Å². The van der Waals surface area contributed by atoms with Gasteiger partial charge < -0.3 is 9.84 Å². The average Bonchev–Trinajstić information content (AvgIpc) is 3.31. The van der Waals surface area contributed by atoms with Gasteiger partial charge in [0, 0.05) is 29.8 Å². The fraction of sp³-hybridized carbons (Fsp3) is 0.227. The van der Waals surface area contributed by atoms with Crippen molar-refractivity contribution in [2.75, 3.05) is 10.2 Å². The molecule has 2 heterocycles. The molecule has 1 fully saturated rings. The number of nitro benzene ring substituents is 1. The number of aromatic nitrogens is 1. The molecule has 1 atom stereocenters. The molecular weight excluding hydrogens is 438 g/mol. The van der Waals surface area contributed by atoms with E-state index < -0.39 is 34.4 Å². The lowest BCUT2D eigenvalue weighted by atomic mass is 10.0. The minimum absolute atomic E-state index is 0.0122. The first-order valence-corrected chi connectivity index (χ1v) is 9.97. The molecule has 1 N–H and O–H groups in total. The van der Waals surface area contributed by atoms with Gasteiger partial charge in [0.1, 0.15) is 17.5 Å². The lowest BCUT2D eigenvalue weighted by Gasteiger charge is -2.24. The number of amides is 2. The molecule has 11 heteroatoms. The quantitative estimate of drug-likeness (QED) is 0.452. The van der Waals surface area contributed by atoms with Crippen LogP contribution in [0, 0.1) is 35.6 Å². The number of rotatable bonds is 5. The second-order valence-electron chi connectivity index (χ2n) is 7.59. The number of hydrogen-bond donors (Lipinski definition) is 1. The van der Waals surface area contributed by atoms with E-state index in [0.29, 0.717) is 22.6 Å². The summed E-state index contributed by atoms with van der Waals surface area (Å²) < 4.78 is 32.2. The van der Waals surface area contributed by atoms with Crippen LogP contribution in [0.2, 0.25) is 0 Å². The zero-order valence-corrected chi connectivity index (χ0v) is 17.6. The molecule has 0 aliphatic carbocycles. The van der Waals surface area contributed by atoms with E-state index in [0.717, 1.165) is 17.0 Å². The molecule has 0 radical (unpaired) electrons. The van der Waals surface area contributed by atoms with Crippen molar-refractivity contribution in [2.45, 2.75) is 32.7 Å². The maximum atomic E-state index is 13.7. The lowest BCUT2D eigenvalue weighted by Crippen LogP contribution is -2.42. The van der Waals surface area contributed by atoms with Gasteiger partial charge in [0.05, 0.1) is 10.6 Å². The minimum Gasteiger partial charge on any atom is -0.361 e. The van der Waals surface area contributed by atoms with Crippen molar-refractivity contribution in [3.63, 3.8) is 0 Å². The third kappa shape index (κ3) is 4.04. The summed E-state index contributed by atoms with van der Waals surface area (Å²) >= 11 is 0. The van der Waals surface area contributed by atoms with Crippen LogP contribution < -0.4 is 10.2 Å². The standard InChI is InChI=1S/C22H18F2N4O5/c1-11-21(12(2)33-26-11)13-3-6-18(28(31)32)17(9-13)25-22(30)19-7-8-20(29)27(19)14-4-5-15(23)16(24)10-14/h3-6,9-10,19H,7-8H2,1-2H3,(H,25,30)/t19-/m0/s1. The summed E-state index contributed by atoms with van der Waals surface area (Å²) in [4.78, 5) is 37.5. The van der Waals surface area contributed by atoms with E-state index in [1.54, 1.807) is 13.8 Å². The van der Waals surface area contributed by atoms with Crippen molar-refractivity contribution in [1.82, 2.24) is 5.16 Å². The predicted octanol–water partition coefficient (Wildman–Crippen LogP) is 4.28. The van der Waals surface area contributed by atoms with Gasteiger partial charge in [-0.15, -0.1) is 0 Å². The van der Waals surface area contributed by atoms with E-state index in [2.05, 4.69) is 10.5 Å². The highest BCUT2D eigenvalue weighted by atomic mass is 19.2. The molecule has 9 nitrogen and oxygen atoms in total. The second-order valence-corrected chi connectivity index (χ2v) is 7.59. The molecule has 3 aromatic rings. The van der Waals surface area contributed by atoms with E-state index >= 15 is 0 Å². The Hall–Kier alpha value is -4.15. The third-order valence-corrected chi connectivity index (χ3v) is 5.47. The first-order valence-electron chi connectivity index (χ1n) is 9.97. The van der Waals surface area contributed by atoms with Crippen LogP contribution >= 0.6 is 0 Å². The van der Waals surface area contributed by atoms with Crippen LogP contribution in [0.4, 0.5) is 25.8 Å². The molecule has 170 valence electrons. The smallest absolute Gasteiger partial charge is 0.292 e. The Balaban J connectivity index is 1.68. The van der Waals surface area contributed by atoms with Crippen LogP contribution in [-0.2, 0) is 9.59 Å². The SMILES string of the molecule is Cc1noc(C)c1-c1ccc([N+](=O)[O-])c(NC(=O)[C@@H]2CCC(=O)N2c2ccc(F)c(F)c2)c1. The maximum Gasteiger partial charge on any atom is 0.292 e. The van der Waals surface area contributed by atoms with Crippen molar-refractivity contribution in [1.29, 1.82) is 0 Å². The third-order valence-electron chi connectivity index (χ3n) is 5.47. The Morgan fingerprint density at radius 2 is 1.97 bits per heavy atom. The number of nitrogens with one attached hydrogen (secondary N) is 1. The van der Waals surface area contributed by atoms with Gasteiger partial charge in [0.25, 0.3) is 5.69 Å². The zero-order chi connectivity index (χ0) is 23.9. The molecule has 1 aliphatic rings. The highest BCUT2D eigenvalue weighted by Crippen LogP contribution is 2.35.